The van der Waals surface area contributed by atoms with E-state index in [4.69, 9.17) is 9.47 Å². The first-order chi connectivity index (χ1) is 10.2. The highest BCUT2D eigenvalue weighted by atomic mass is 32.1. The molecule has 2 rings (SSSR count). The Morgan fingerprint density at radius 3 is 2.52 bits per heavy atom. The van der Waals surface area contributed by atoms with E-state index < -0.39 is 0 Å². The Hall–Kier alpha value is -1.79. The maximum absolute atomic E-state index is 12.2. The van der Waals surface area contributed by atoms with Crippen molar-refractivity contribution in [2.45, 2.75) is 12.3 Å². The van der Waals surface area contributed by atoms with Gasteiger partial charge in [-0.15, -0.1) is 0 Å². The lowest BCUT2D eigenvalue weighted by Crippen LogP contribution is -2.27. The first-order valence-corrected chi connectivity index (χ1v) is 7.18. The van der Waals surface area contributed by atoms with Gasteiger partial charge in [0.1, 0.15) is 5.75 Å². The van der Waals surface area contributed by atoms with Crippen LogP contribution in [0.5, 0.6) is 5.75 Å². The van der Waals surface area contributed by atoms with Gasteiger partial charge in [0.2, 0.25) is 0 Å². The normalized spacial score (nSPS) is 10.6. The van der Waals surface area contributed by atoms with E-state index >= 15 is 0 Å². The van der Waals surface area contributed by atoms with E-state index in [9.17, 15) is 4.79 Å². The molecule has 0 bridgehead atoms. The zero-order chi connectivity index (χ0) is 15.2. The lowest BCUT2D eigenvalue weighted by molar-refractivity contribution is 0.182. The Balaban J connectivity index is 2.44. The van der Waals surface area contributed by atoms with Crippen LogP contribution in [0.1, 0.15) is 5.56 Å². The molecule has 112 valence electrons. The molecule has 0 spiro atoms. The fourth-order valence-electron chi connectivity index (χ4n) is 1.94. The molecule has 5 nitrogen and oxygen atoms in total. The van der Waals surface area contributed by atoms with Gasteiger partial charge in [-0.25, -0.2) is 4.68 Å². The highest BCUT2D eigenvalue weighted by molar-refractivity contribution is 7.79. The molecular weight excluding hydrogens is 288 g/mol. The van der Waals surface area contributed by atoms with Crippen LogP contribution in [0.4, 0.5) is 0 Å². The molecule has 6 heteroatoms. The molecule has 0 aliphatic rings. The van der Waals surface area contributed by atoms with Crippen LogP contribution in [-0.4, -0.2) is 30.6 Å². The molecule has 0 saturated heterocycles. The molecule has 0 unspecified atom stereocenters. The minimum atomic E-state index is -0.126. The summed E-state index contributed by atoms with van der Waals surface area (Å²) >= 11 is 4.22. The maximum Gasteiger partial charge on any atom is 0.270 e. The molecule has 0 aliphatic heterocycles. The minimum Gasteiger partial charge on any atom is -0.497 e. The molecule has 21 heavy (non-hydrogen) atoms. The van der Waals surface area contributed by atoms with Gasteiger partial charge in [-0.3, -0.25) is 4.79 Å². The fourth-order valence-corrected chi connectivity index (χ4v) is 2.17. The average Bonchev–Trinajstić information content (AvgIpc) is 2.54. The van der Waals surface area contributed by atoms with Crippen molar-refractivity contribution < 1.29 is 9.47 Å². The van der Waals surface area contributed by atoms with Crippen LogP contribution in [0.15, 0.2) is 35.1 Å². The number of nitrogens with zero attached hydrogens (tertiary/aromatic N) is 2. The molecule has 1 aromatic carbocycles. The van der Waals surface area contributed by atoms with E-state index in [-0.39, 0.29) is 5.56 Å². The summed E-state index contributed by atoms with van der Waals surface area (Å²) < 4.78 is 11.6. The van der Waals surface area contributed by atoms with Gasteiger partial charge in [-0.2, -0.15) is 17.7 Å². The van der Waals surface area contributed by atoms with Gasteiger partial charge in [0.25, 0.3) is 5.56 Å². The Morgan fingerprint density at radius 2 is 1.95 bits per heavy atom. The van der Waals surface area contributed by atoms with Crippen LogP contribution in [0.3, 0.4) is 0 Å². The monoisotopic (exact) mass is 306 g/mol. The van der Waals surface area contributed by atoms with Crippen molar-refractivity contribution in [1.29, 1.82) is 0 Å². The van der Waals surface area contributed by atoms with Gasteiger partial charge in [-0.1, -0.05) is 0 Å². The van der Waals surface area contributed by atoms with Crippen molar-refractivity contribution in [3.8, 4) is 17.0 Å². The Kier molecular flexibility index (Phi) is 5.41. The van der Waals surface area contributed by atoms with E-state index in [2.05, 4.69) is 17.7 Å². The van der Waals surface area contributed by atoms with Crippen LogP contribution < -0.4 is 10.3 Å². The van der Waals surface area contributed by atoms with Gasteiger partial charge < -0.3 is 9.47 Å². The van der Waals surface area contributed by atoms with E-state index in [0.717, 1.165) is 17.0 Å². The topological polar surface area (TPSA) is 53.4 Å². The third-order valence-corrected chi connectivity index (χ3v) is 3.45. The summed E-state index contributed by atoms with van der Waals surface area (Å²) in [5, 5.41) is 4.39. The third-order valence-electron chi connectivity index (χ3n) is 3.11. The zero-order valence-electron chi connectivity index (χ0n) is 12.1. The summed E-state index contributed by atoms with van der Waals surface area (Å²) in [6, 6.07) is 9.33. The van der Waals surface area contributed by atoms with Crippen LogP contribution in [-0.2, 0) is 17.0 Å². The van der Waals surface area contributed by atoms with E-state index in [0.29, 0.717) is 24.5 Å². The lowest BCUT2D eigenvalue weighted by atomic mass is 10.1. The highest BCUT2D eigenvalue weighted by Crippen LogP contribution is 2.20. The predicted molar refractivity (Wildman–Crippen MR) is 85.1 cm³/mol. The molecule has 1 aromatic heterocycles. The molecule has 0 radical (unpaired) electrons. The molecular formula is C15H18N2O3S. The van der Waals surface area contributed by atoms with Gasteiger partial charge in [0, 0.05) is 24.0 Å². The van der Waals surface area contributed by atoms with Gasteiger partial charge >= 0.3 is 0 Å². The van der Waals surface area contributed by atoms with Crippen molar-refractivity contribution in [3.05, 3.63) is 46.2 Å². The summed E-state index contributed by atoms with van der Waals surface area (Å²) in [7, 11) is 3.22. The van der Waals surface area contributed by atoms with E-state index in [1.54, 1.807) is 20.3 Å². The Bertz CT molecular complexity index is 653. The van der Waals surface area contributed by atoms with Crippen LogP contribution in [0.25, 0.3) is 11.3 Å². The largest absolute Gasteiger partial charge is 0.497 e. The first kappa shape index (κ1) is 15.6. The summed E-state index contributed by atoms with van der Waals surface area (Å²) in [6.07, 6.45) is 0. The summed E-state index contributed by atoms with van der Waals surface area (Å²) in [5.41, 5.74) is 2.15. The second kappa shape index (κ2) is 7.28. The number of thiol groups is 1. The molecule has 0 fully saturated rings. The average molecular weight is 306 g/mol. The number of hydrogen-bond acceptors (Lipinski definition) is 5. The molecule has 1 heterocycles. The fraction of sp³-hybridized carbons (Fsp3) is 0.333. The summed E-state index contributed by atoms with van der Waals surface area (Å²) in [4.78, 5) is 12.2. The summed E-state index contributed by atoms with van der Waals surface area (Å²) in [5.74, 6) is 1.15. The van der Waals surface area contributed by atoms with Gasteiger partial charge in [0.15, 0.2) is 0 Å². The highest BCUT2D eigenvalue weighted by Gasteiger charge is 2.09. The number of benzene rings is 1. The minimum absolute atomic E-state index is 0.126. The molecule has 0 aliphatic carbocycles. The van der Waals surface area contributed by atoms with Crippen molar-refractivity contribution in [2.75, 3.05) is 20.8 Å². The summed E-state index contributed by atoms with van der Waals surface area (Å²) in [6.45, 7) is 0.852. The van der Waals surface area contributed by atoms with Gasteiger partial charge in [-0.05, 0) is 30.3 Å². The van der Waals surface area contributed by atoms with E-state index in [1.807, 2.05) is 24.3 Å². The van der Waals surface area contributed by atoms with E-state index in [1.165, 1.54) is 4.68 Å². The number of ether oxygens (including phenoxy) is 2. The van der Waals surface area contributed by atoms with Crippen molar-refractivity contribution >= 4 is 12.6 Å². The maximum atomic E-state index is 12.2. The SMILES string of the molecule is COCCn1nc(-c2ccc(OC)cc2)cc(CS)c1=O. The zero-order valence-corrected chi connectivity index (χ0v) is 13.0. The second-order valence-electron chi connectivity index (χ2n) is 4.46. The van der Waals surface area contributed by atoms with Crippen LogP contribution in [0, 0.1) is 0 Å². The van der Waals surface area contributed by atoms with Crippen molar-refractivity contribution in [3.63, 3.8) is 0 Å². The number of hydrogen-bond donors (Lipinski definition) is 1. The number of aromatic nitrogens is 2. The molecule has 0 atom stereocenters. The molecule has 0 saturated carbocycles. The van der Waals surface area contributed by atoms with Gasteiger partial charge in [0.05, 0.1) is 26.0 Å². The van der Waals surface area contributed by atoms with Crippen molar-refractivity contribution in [1.82, 2.24) is 9.78 Å². The van der Waals surface area contributed by atoms with Crippen molar-refractivity contribution in [2.24, 2.45) is 0 Å². The number of rotatable bonds is 6. The predicted octanol–water partition coefficient (Wildman–Crippen LogP) is 2.00. The van der Waals surface area contributed by atoms with Crippen LogP contribution >= 0.6 is 12.6 Å². The quantitative estimate of drug-likeness (QED) is 0.829. The standard InChI is InChI=1S/C15H18N2O3S/c1-19-8-7-17-15(18)12(10-21)9-14(16-17)11-3-5-13(20-2)6-4-11/h3-6,9,21H,7-8,10H2,1-2H3. The molecule has 0 amide bonds. The smallest absolute Gasteiger partial charge is 0.270 e. The number of methoxy groups -OCH3 is 2. The molecule has 2 aromatic rings. The Morgan fingerprint density at radius 1 is 1.24 bits per heavy atom. The third kappa shape index (κ3) is 3.65. The Labute approximate surface area is 128 Å². The van der Waals surface area contributed by atoms with Crippen LogP contribution in [0.2, 0.25) is 0 Å². The second-order valence-corrected chi connectivity index (χ2v) is 4.78. The lowest BCUT2D eigenvalue weighted by Gasteiger charge is -2.10. The molecule has 0 N–H and O–H groups in total. The first-order valence-electron chi connectivity index (χ1n) is 6.55.